The molecule has 2 aliphatic heterocycles. The van der Waals surface area contributed by atoms with Gasteiger partial charge in [-0.3, -0.25) is 9.59 Å². The molecule has 194 valence electrons. The first kappa shape index (κ1) is 26.4. The maximum Gasteiger partial charge on any atom is 0.245 e. The van der Waals surface area contributed by atoms with Crippen molar-refractivity contribution in [1.29, 1.82) is 0 Å². The Morgan fingerprint density at radius 1 is 1.14 bits per heavy atom. The molecule has 2 heterocycles. The van der Waals surface area contributed by atoms with Crippen molar-refractivity contribution in [1.82, 2.24) is 4.31 Å². The number of rotatable bonds is 7. The van der Waals surface area contributed by atoms with Crippen LogP contribution in [0.1, 0.15) is 31.7 Å². The Bertz CT molecular complexity index is 1280. The number of hydrogen-bond donors (Lipinski definition) is 1. The van der Waals surface area contributed by atoms with E-state index < -0.39 is 15.9 Å². The maximum absolute atomic E-state index is 13.9. The van der Waals surface area contributed by atoms with Crippen LogP contribution >= 0.6 is 15.9 Å². The molecule has 1 saturated heterocycles. The fourth-order valence-electron chi connectivity index (χ4n) is 4.76. The van der Waals surface area contributed by atoms with Crippen molar-refractivity contribution >= 4 is 49.1 Å². The molecule has 36 heavy (non-hydrogen) atoms. The second kappa shape index (κ2) is 10.8. The van der Waals surface area contributed by atoms with Gasteiger partial charge >= 0.3 is 0 Å². The number of methoxy groups -OCH3 is 2. The predicted octanol–water partition coefficient (Wildman–Crippen LogP) is 3.80. The van der Waals surface area contributed by atoms with E-state index in [4.69, 9.17) is 9.47 Å². The van der Waals surface area contributed by atoms with Gasteiger partial charge in [0.15, 0.2) is 0 Å². The van der Waals surface area contributed by atoms with Crippen LogP contribution in [0.2, 0.25) is 0 Å². The van der Waals surface area contributed by atoms with E-state index in [1.165, 1.54) is 11.4 Å². The van der Waals surface area contributed by atoms with Crippen molar-refractivity contribution in [3.05, 3.63) is 40.4 Å². The van der Waals surface area contributed by atoms with Crippen molar-refractivity contribution in [2.24, 2.45) is 5.92 Å². The fourth-order valence-corrected chi connectivity index (χ4v) is 7.20. The summed E-state index contributed by atoms with van der Waals surface area (Å²) in [7, 11) is -0.911. The van der Waals surface area contributed by atoms with E-state index in [9.17, 15) is 18.0 Å². The van der Waals surface area contributed by atoms with Crippen molar-refractivity contribution in [2.75, 3.05) is 44.1 Å². The molecule has 1 atom stereocenters. The summed E-state index contributed by atoms with van der Waals surface area (Å²) in [6, 6.07) is 8.50. The molecule has 0 bridgehead atoms. The van der Waals surface area contributed by atoms with E-state index in [0.717, 1.165) is 5.56 Å². The monoisotopic (exact) mass is 579 g/mol. The van der Waals surface area contributed by atoms with Gasteiger partial charge in [0.2, 0.25) is 21.8 Å². The van der Waals surface area contributed by atoms with Crippen molar-refractivity contribution in [3.63, 3.8) is 0 Å². The number of anilines is 2. The van der Waals surface area contributed by atoms with Crippen LogP contribution in [0.25, 0.3) is 0 Å². The predicted molar refractivity (Wildman–Crippen MR) is 140 cm³/mol. The molecule has 2 aromatic carbocycles. The molecular weight excluding hydrogens is 550 g/mol. The minimum Gasteiger partial charge on any atom is -0.497 e. The number of halogens is 1. The molecule has 0 aromatic heterocycles. The number of nitrogens with zero attached hydrogens (tertiary/aromatic N) is 2. The van der Waals surface area contributed by atoms with E-state index in [1.807, 2.05) is 6.07 Å². The third-order valence-electron chi connectivity index (χ3n) is 6.64. The van der Waals surface area contributed by atoms with Gasteiger partial charge < -0.3 is 19.7 Å². The standard InChI is InChI=1S/C25H30BrN3O6S/c1-4-23(30)29-11-9-16-12-18(26)13-22(24(16)29)36(32,33)28-10-5-6-17(15-28)25(31)27-20-8-7-19(34-2)14-21(20)35-3/h7-8,12-14,17H,4-6,9-11,15H2,1-3H3,(H,27,31)/t17-/m0/s1. The van der Waals surface area contributed by atoms with E-state index in [1.54, 1.807) is 43.2 Å². The Hall–Kier alpha value is -2.63. The Kier molecular flexibility index (Phi) is 7.91. The van der Waals surface area contributed by atoms with Crippen LogP contribution in [0.4, 0.5) is 11.4 Å². The van der Waals surface area contributed by atoms with Gasteiger partial charge in [0.25, 0.3) is 0 Å². The number of hydrogen-bond acceptors (Lipinski definition) is 6. The lowest BCUT2D eigenvalue weighted by Crippen LogP contribution is -2.44. The van der Waals surface area contributed by atoms with E-state index >= 15 is 0 Å². The number of benzene rings is 2. The quantitative estimate of drug-likeness (QED) is 0.534. The zero-order valence-corrected chi connectivity index (χ0v) is 22.9. The largest absolute Gasteiger partial charge is 0.497 e. The van der Waals surface area contributed by atoms with Crippen LogP contribution in [-0.2, 0) is 26.0 Å². The summed E-state index contributed by atoms with van der Waals surface area (Å²) in [5.74, 6) is 0.122. The van der Waals surface area contributed by atoms with E-state index in [-0.39, 0.29) is 29.7 Å². The third-order valence-corrected chi connectivity index (χ3v) is 8.97. The lowest BCUT2D eigenvalue weighted by molar-refractivity contribution is -0.121. The molecule has 0 saturated carbocycles. The minimum absolute atomic E-state index is 0.0512. The van der Waals surface area contributed by atoms with Gasteiger partial charge in [-0.05, 0) is 49.1 Å². The summed E-state index contributed by atoms with van der Waals surface area (Å²) >= 11 is 3.43. The minimum atomic E-state index is -3.96. The number of sulfonamides is 1. The highest BCUT2D eigenvalue weighted by Gasteiger charge is 2.38. The Labute approximate surface area is 219 Å². The van der Waals surface area contributed by atoms with Crippen LogP contribution in [0.5, 0.6) is 11.5 Å². The van der Waals surface area contributed by atoms with Gasteiger partial charge in [0.05, 0.1) is 31.5 Å². The number of carbonyl (C=O) groups excluding carboxylic acids is 2. The van der Waals surface area contributed by atoms with E-state index in [2.05, 4.69) is 21.2 Å². The maximum atomic E-state index is 13.9. The van der Waals surface area contributed by atoms with Crippen LogP contribution < -0.4 is 19.7 Å². The molecule has 0 aliphatic carbocycles. The smallest absolute Gasteiger partial charge is 0.245 e. The van der Waals surface area contributed by atoms with Gasteiger partial charge in [-0.1, -0.05) is 22.9 Å². The number of amides is 2. The highest BCUT2D eigenvalue weighted by atomic mass is 79.9. The highest BCUT2D eigenvalue weighted by molar-refractivity contribution is 9.10. The molecule has 4 rings (SSSR count). The van der Waals surface area contributed by atoms with E-state index in [0.29, 0.717) is 59.7 Å². The highest BCUT2D eigenvalue weighted by Crippen LogP contribution is 2.40. The summed E-state index contributed by atoms with van der Waals surface area (Å²) in [4.78, 5) is 27.4. The first-order valence-corrected chi connectivity index (χ1v) is 14.1. The SMILES string of the molecule is CCC(=O)N1CCc2cc(Br)cc(S(=O)(=O)N3CCC[C@H](C(=O)Nc4ccc(OC)cc4OC)C3)c21. The van der Waals surface area contributed by atoms with Gasteiger partial charge in [-0.25, -0.2) is 8.42 Å². The van der Waals surface area contributed by atoms with Gasteiger partial charge in [-0.2, -0.15) is 4.31 Å². The number of carbonyl (C=O) groups is 2. The van der Waals surface area contributed by atoms with Crippen LogP contribution in [0.3, 0.4) is 0 Å². The molecule has 2 aromatic rings. The molecular formula is C25H30BrN3O6S. The number of nitrogens with one attached hydrogen (secondary N) is 1. The Morgan fingerprint density at radius 2 is 1.92 bits per heavy atom. The Balaban J connectivity index is 1.59. The molecule has 0 spiro atoms. The van der Waals surface area contributed by atoms with Crippen molar-refractivity contribution in [3.8, 4) is 11.5 Å². The zero-order chi connectivity index (χ0) is 26.0. The van der Waals surface area contributed by atoms with Crippen LogP contribution in [-0.4, -0.2) is 58.4 Å². The second-order valence-electron chi connectivity index (χ2n) is 8.82. The lowest BCUT2D eigenvalue weighted by atomic mass is 9.98. The average molecular weight is 581 g/mol. The lowest BCUT2D eigenvalue weighted by Gasteiger charge is -2.32. The molecule has 9 nitrogen and oxygen atoms in total. The van der Waals surface area contributed by atoms with Crippen molar-refractivity contribution < 1.29 is 27.5 Å². The zero-order valence-electron chi connectivity index (χ0n) is 20.5. The number of fused-ring (bicyclic) bond motifs is 1. The molecule has 0 radical (unpaired) electrons. The average Bonchev–Trinajstić information content (AvgIpc) is 3.31. The van der Waals surface area contributed by atoms with Gasteiger partial charge in [0.1, 0.15) is 16.4 Å². The molecule has 1 fully saturated rings. The molecule has 2 amide bonds. The molecule has 1 N–H and O–H groups in total. The molecule has 2 aliphatic rings. The summed E-state index contributed by atoms with van der Waals surface area (Å²) in [5, 5.41) is 2.87. The van der Waals surface area contributed by atoms with Crippen LogP contribution in [0.15, 0.2) is 39.7 Å². The second-order valence-corrected chi connectivity index (χ2v) is 11.6. The van der Waals surface area contributed by atoms with Crippen molar-refractivity contribution in [2.45, 2.75) is 37.5 Å². The Morgan fingerprint density at radius 3 is 2.61 bits per heavy atom. The summed E-state index contributed by atoms with van der Waals surface area (Å²) in [6.07, 6.45) is 1.99. The fraction of sp³-hybridized carbons (Fsp3) is 0.440. The van der Waals surface area contributed by atoms with Crippen LogP contribution in [0, 0.1) is 5.92 Å². The normalized spacial score (nSPS) is 18.0. The summed E-state index contributed by atoms with van der Waals surface area (Å²) < 4.78 is 40.3. The third kappa shape index (κ3) is 5.09. The topological polar surface area (TPSA) is 105 Å². The number of piperidine rings is 1. The summed E-state index contributed by atoms with van der Waals surface area (Å²) in [6.45, 7) is 2.57. The summed E-state index contributed by atoms with van der Waals surface area (Å²) in [5.41, 5.74) is 1.77. The molecule has 0 unspecified atom stereocenters. The first-order valence-electron chi connectivity index (χ1n) is 11.9. The first-order chi connectivity index (χ1) is 17.2. The molecule has 11 heteroatoms. The number of ether oxygens (including phenoxy) is 2. The van der Waals surface area contributed by atoms with Gasteiger partial charge in [-0.15, -0.1) is 0 Å². The van der Waals surface area contributed by atoms with Gasteiger partial charge in [0, 0.05) is 36.6 Å².